The average molecular weight is 227 g/mol. The van der Waals surface area contributed by atoms with Crippen LogP contribution >= 0.6 is 0 Å². The summed E-state index contributed by atoms with van der Waals surface area (Å²) in [7, 11) is 0. The first-order valence-corrected chi connectivity index (χ1v) is 5.77. The van der Waals surface area contributed by atoms with Crippen molar-refractivity contribution in [3.8, 4) is 11.3 Å². The molecule has 0 saturated carbocycles. The highest BCUT2D eigenvalue weighted by atomic mass is 14.9. The summed E-state index contributed by atoms with van der Waals surface area (Å²) in [5, 5.41) is 0. The Kier molecular flexibility index (Phi) is 3.09. The number of benzene rings is 1. The summed E-state index contributed by atoms with van der Waals surface area (Å²) in [5.74, 6) is 1.20. The molecule has 17 heavy (non-hydrogen) atoms. The van der Waals surface area contributed by atoms with Gasteiger partial charge in [-0.15, -0.1) is 0 Å². The zero-order chi connectivity index (χ0) is 12.4. The van der Waals surface area contributed by atoms with E-state index >= 15 is 0 Å². The summed E-state index contributed by atoms with van der Waals surface area (Å²) in [6, 6.07) is 7.81. The van der Waals surface area contributed by atoms with Crippen molar-refractivity contribution in [2.75, 3.05) is 5.73 Å². The summed E-state index contributed by atoms with van der Waals surface area (Å²) in [4.78, 5) is 8.81. The van der Waals surface area contributed by atoms with Crippen LogP contribution in [0.25, 0.3) is 11.3 Å². The first-order chi connectivity index (χ1) is 8.08. The molecule has 0 fully saturated rings. The maximum Gasteiger partial charge on any atom is 0.125 e. The van der Waals surface area contributed by atoms with E-state index in [1.165, 1.54) is 5.56 Å². The molecule has 1 aromatic heterocycles. The molecule has 1 heterocycles. The molecular weight excluding hydrogens is 210 g/mol. The number of anilines is 1. The molecule has 0 bridgehead atoms. The van der Waals surface area contributed by atoms with Gasteiger partial charge >= 0.3 is 0 Å². The summed E-state index contributed by atoms with van der Waals surface area (Å²) in [6.45, 7) is 6.20. The van der Waals surface area contributed by atoms with Gasteiger partial charge in [0.05, 0.1) is 5.69 Å². The number of aromatic nitrogens is 2. The zero-order valence-corrected chi connectivity index (χ0v) is 10.4. The summed E-state index contributed by atoms with van der Waals surface area (Å²) >= 11 is 0. The van der Waals surface area contributed by atoms with Crippen LogP contribution in [-0.2, 0) is 0 Å². The third-order valence-corrected chi connectivity index (χ3v) is 2.74. The number of nitrogens with two attached hydrogens (primary N) is 1. The molecule has 0 spiro atoms. The van der Waals surface area contributed by atoms with Gasteiger partial charge in [0.1, 0.15) is 5.82 Å². The minimum atomic E-state index is 0.406. The van der Waals surface area contributed by atoms with Crippen LogP contribution in [0.2, 0.25) is 0 Å². The van der Waals surface area contributed by atoms with Crippen molar-refractivity contribution in [2.45, 2.75) is 26.7 Å². The largest absolute Gasteiger partial charge is 0.399 e. The predicted molar refractivity (Wildman–Crippen MR) is 70.7 cm³/mol. The number of rotatable bonds is 2. The standard InChI is InChI=1S/C14H17N3/c1-9(2)13-8-16-10(3)17-14(13)11-4-6-12(15)7-5-11/h4-9H,15H2,1-3H3. The van der Waals surface area contributed by atoms with Crippen LogP contribution < -0.4 is 5.73 Å². The molecule has 3 heteroatoms. The molecular formula is C14H17N3. The minimum absolute atomic E-state index is 0.406. The monoisotopic (exact) mass is 227 g/mol. The van der Waals surface area contributed by atoms with Crippen molar-refractivity contribution < 1.29 is 0 Å². The van der Waals surface area contributed by atoms with Gasteiger partial charge in [-0.3, -0.25) is 0 Å². The van der Waals surface area contributed by atoms with Crippen LogP contribution in [0.15, 0.2) is 30.5 Å². The SMILES string of the molecule is Cc1ncc(C(C)C)c(-c2ccc(N)cc2)n1. The predicted octanol–water partition coefficient (Wildman–Crippen LogP) is 3.16. The van der Waals surface area contributed by atoms with Crippen molar-refractivity contribution in [3.63, 3.8) is 0 Å². The summed E-state index contributed by atoms with van der Waals surface area (Å²) < 4.78 is 0. The lowest BCUT2D eigenvalue weighted by molar-refractivity contribution is 0.842. The minimum Gasteiger partial charge on any atom is -0.399 e. The molecule has 2 N–H and O–H groups in total. The second-order valence-corrected chi connectivity index (χ2v) is 4.50. The van der Waals surface area contributed by atoms with E-state index in [1.54, 1.807) is 0 Å². The van der Waals surface area contributed by atoms with Crippen molar-refractivity contribution in [3.05, 3.63) is 41.9 Å². The van der Waals surface area contributed by atoms with Gasteiger partial charge in [0.15, 0.2) is 0 Å². The molecule has 0 saturated heterocycles. The Morgan fingerprint density at radius 2 is 1.76 bits per heavy atom. The average Bonchev–Trinajstić information content (AvgIpc) is 2.29. The molecule has 0 amide bonds. The Bertz CT molecular complexity index is 515. The van der Waals surface area contributed by atoms with Crippen LogP contribution in [0, 0.1) is 6.92 Å². The van der Waals surface area contributed by atoms with Gasteiger partial charge in [-0.2, -0.15) is 0 Å². The van der Waals surface area contributed by atoms with E-state index in [-0.39, 0.29) is 0 Å². The molecule has 1 aromatic carbocycles. The van der Waals surface area contributed by atoms with E-state index < -0.39 is 0 Å². The Balaban J connectivity index is 2.56. The van der Waals surface area contributed by atoms with Crippen molar-refractivity contribution in [2.24, 2.45) is 0 Å². The van der Waals surface area contributed by atoms with E-state index in [9.17, 15) is 0 Å². The molecule has 0 aliphatic rings. The normalized spacial score (nSPS) is 10.8. The lowest BCUT2D eigenvalue weighted by atomic mass is 9.98. The van der Waals surface area contributed by atoms with Gasteiger partial charge in [0.25, 0.3) is 0 Å². The molecule has 3 nitrogen and oxygen atoms in total. The molecule has 0 radical (unpaired) electrons. The first-order valence-electron chi connectivity index (χ1n) is 5.77. The second-order valence-electron chi connectivity index (χ2n) is 4.50. The Labute approximate surface area is 102 Å². The third-order valence-electron chi connectivity index (χ3n) is 2.74. The lowest BCUT2D eigenvalue weighted by Gasteiger charge is -2.12. The van der Waals surface area contributed by atoms with Gasteiger partial charge in [-0.25, -0.2) is 9.97 Å². The Hall–Kier alpha value is -1.90. The topological polar surface area (TPSA) is 51.8 Å². The van der Waals surface area contributed by atoms with Crippen LogP contribution in [0.5, 0.6) is 0 Å². The van der Waals surface area contributed by atoms with E-state index in [2.05, 4.69) is 23.8 Å². The Morgan fingerprint density at radius 1 is 1.12 bits per heavy atom. The molecule has 0 aliphatic heterocycles. The number of hydrogen-bond acceptors (Lipinski definition) is 3. The van der Waals surface area contributed by atoms with E-state index in [0.717, 1.165) is 22.8 Å². The molecule has 0 unspecified atom stereocenters. The zero-order valence-electron chi connectivity index (χ0n) is 10.4. The van der Waals surface area contributed by atoms with Gasteiger partial charge in [0, 0.05) is 17.4 Å². The molecule has 88 valence electrons. The fourth-order valence-corrected chi connectivity index (χ4v) is 1.77. The smallest absolute Gasteiger partial charge is 0.125 e. The highest BCUT2D eigenvalue weighted by Crippen LogP contribution is 2.27. The number of aryl methyl sites for hydroxylation is 1. The quantitative estimate of drug-likeness (QED) is 0.802. The maximum absolute atomic E-state index is 5.70. The van der Waals surface area contributed by atoms with E-state index in [0.29, 0.717) is 5.92 Å². The van der Waals surface area contributed by atoms with Crippen LogP contribution in [-0.4, -0.2) is 9.97 Å². The van der Waals surface area contributed by atoms with Gasteiger partial charge in [0.2, 0.25) is 0 Å². The number of nitrogens with zero attached hydrogens (tertiary/aromatic N) is 2. The highest BCUT2D eigenvalue weighted by molar-refractivity contribution is 5.65. The Morgan fingerprint density at radius 3 is 2.35 bits per heavy atom. The van der Waals surface area contributed by atoms with Gasteiger partial charge in [-0.1, -0.05) is 26.0 Å². The van der Waals surface area contributed by atoms with Crippen molar-refractivity contribution >= 4 is 5.69 Å². The first kappa shape index (κ1) is 11.6. The fourth-order valence-electron chi connectivity index (χ4n) is 1.77. The highest BCUT2D eigenvalue weighted by Gasteiger charge is 2.11. The van der Waals surface area contributed by atoms with Crippen molar-refractivity contribution in [1.29, 1.82) is 0 Å². The molecule has 2 rings (SSSR count). The lowest BCUT2D eigenvalue weighted by Crippen LogP contribution is -2.00. The van der Waals surface area contributed by atoms with Gasteiger partial charge in [-0.05, 0) is 30.5 Å². The van der Waals surface area contributed by atoms with E-state index in [1.807, 2.05) is 37.4 Å². The number of nitrogen functional groups attached to an aromatic ring is 1. The number of hydrogen-bond donors (Lipinski definition) is 1. The van der Waals surface area contributed by atoms with Crippen LogP contribution in [0.4, 0.5) is 5.69 Å². The fraction of sp³-hybridized carbons (Fsp3) is 0.286. The van der Waals surface area contributed by atoms with Crippen LogP contribution in [0.3, 0.4) is 0 Å². The van der Waals surface area contributed by atoms with E-state index in [4.69, 9.17) is 5.73 Å². The molecule has 0 atom stereocenters. The van der Waals surface area contributed by atoms with Crippen LogP contribution in [0.1, 0.15) is 31.2 Å². The second kappa shape index (κ2) is 4.53. The molecule has 0 aliphatic carbocycles. The molecule has 2 aromatic rings. The van der Waals surface area contributed by atoms with Gasteiger partial charge < -0.3 is 5.73 Å². The van der Waals surface area contributed by atoms with Crippen molar-refractivity contribution in [1.82, 2.24) is 9.97 Å². The summed E-state index contributed by atoms with van der Waals surface area (Å²) in [5.41, 5.74) is 9.73. The maximum atomic E-state index is 5.70. The third kappa shape index (κ3) is 2.44. The summed E-state index contributed by atoms with van der Waals surface area (Å²) in [6.07, 6.45) is 1.92.